The molecule has 5 N–H and O–H groups in total. The number of aryl methyl sites for hydroxylation is 1. The molecule has 1 saturated heterocycles. The second-order valence-electron chi connectivity index (χ2n) is 9.10. The summed E-state index contributed by atoms with van der Waals surface area (Å²) in [6, 6.07) is 7.18. The number of aromatic nitrogens is 4. The number of amides is 2. The summed E-state index contributed by atoms with van der Waals surface area (Å²) in [6.07, 6.45) is 6.97. The zero-order valence-electron chi connectivity index (χ0n) is 19.4. The molecule has 2 amide bonds. The molecular weight excluding hydrogens is 448 g/mol. The van der Waals surface area contributed by atoms with Gasteiger partial charge < -0.3 is 26.4 Å². The molecule has 1 saturated carbocycles. The second kappa shape index (κ2) is 9.34. The summed E-state index contributed by atoms with van der Waals surface area (Å²) in [6.45, 7) is 0.852. The predicted molar refractivity (Wildman–Crippen MR) is 130 cm³/mol. The van der Waals surface area contributed by atoms with Crippen LogP contribution < -0.4 is 21.3 Å². The normalized spacial score (nSPS) is 19.9. The van der Waals surface area contributed by atoms with Crippen LogP contribution in [0.4, 0.5) is 17.3 Å². The third kappa shape index (κ3) is 5.09. The number of anilines is 3. The van der Waals surface area contributed by atoms with Gasteiger partial charge in [-0.05, 0) is 42.9 Å². The minimum atomic E-state index is -0.706. The van der Waals surface area contributed by atoms with Gasteiger partial charge in [-0.25, -0.2) is 9.97 Å². The zero-order valence-corrected chi connectivity index (χ0v) is 19.4. The highest BCUT2D eigenvalue weighted by molar-refractivity contribution is 5.96. The van der Waals surface area contributed by atoms with Crippen LogP contribution >= 0.6 is 0 Å². The third-order valence-electron chi connectivity index (χ3n) is 6.40. The van der Waals surface area contributed by atoms with Gasteiger partial charge in [0.05, 0.1) is 30.2 Å². The number of nitrogens with two attached hydrogens (primary N) is 1. The summed E-state index contributed by atoms with van der Waals surface area (Å²) in [5, 5.41) is 20.7. The van der Waals surface area contributed by atoms with E-state index in [-0.39, 0.29) is 17.4 Å². The molecule has 1 aromatic carbocycles. The SMILES string of the molecule is Cn1cc(Nc2nc(N3CCC(O)C(NC(=O)c4ccc(C5CC5)cc4)C3)cnc2C(N)=O)cn1. The lowest BCUT2D eigenvalue weighted by Gasteiger charge is -2.37. The maximum absolute atomic E-state index is 12.8. The number of hydrogen-bond acceptors (Lipinski definition) is 8. The average molecular weight is 477 g/mol. The van der Waals surface area contributed by atoms with Crippen LogP contribution in [0.3, 0.4) is 0 Å². The van der Waals surface area contributed by atoms with Crippen molar-refractivity contribution in [1.29, 1.82) is 0 Å². The van der Waals surface area contributed by atoms with E-state index in [2.05, 4.69) is 25.7 Å². The number of nitrogens with zero attached hydrogens (tertiary/aromatic N) is 5. The first-order valence-corrected chi connectivity index (χ1v) is 11.6. The van der Waals surface area contributed by atoms with E-state index in [1.165, 1.54) is 24.6 Å². The van der Waals surface area contributed by atoms with Crippen molar-refractivity contribution >= 4 is 29.1 Å². The number of carbonyl (C=O) groups excluding carboxylic acids is 2. The number of nitrogens with one attached hydrogen (secondary N) is 2. The Morgan fingerprint density at radius 1 is 1.14 bits per heavy atom. The first kappa shape index (κ1) is 22.8. The van der Waals surface area contributed by atoms with E-state index in [0.717, 1.165) is 0 Å². The lowest BCUT2D eigenvalue weighted by atomic mass is 10.0. The van der Waals surface area contributed by atoms with Crippen molar-refractivity contribution in [3.63, 3.8) is 0 Å². The fourth-order valence-corrected chi connectivity index (χ4v) is 4.29. The van der Waals surface area contributed by atoms with Crippen molar-refractivity contribution in [2.45, 2.75) is 37.3 Å². The second-order valence-corrected chi connectivity index (χ2v) is 9.10. The Labute approximate surface area is 202 Å². The number of aliphatic hydroxyl groups excluding tert-OH is 1. The van der Waals surface area contributed by atoms with Crippen LogP contribution in [0.1, 0.15) is 51.6 Å². The van der Waals surface area contributed by atoms with Crippen LogP contribution in [0.5, 0.6) is 0 Å². The standard InChI is InChI=1S/C24H28N8O3/c1-31-12-17(10-27-31)28-23-21(22(25)34)26-11-20(30-23)32-9-8-19(33)18(13-32)29-24(35)16-6-4-15(5-7-16)14-2-3-14/h4-7,10-12,14,18-19,33H,2-3,8-9,13H2,1H3,(H2,25,34)(H,28,30)(H,29,35). The molecule has 35 heavy (non-hydrogen) atoms. The lowest BCUT2D eigenvalue weighted by molar-refractivity contribution is 0.0785. The molecule has 2 aliphatic rings. The topological polar surface area (TPSA) is 151 Å². The van der Waals surface area contributed by atoms with Crippen molar-refractivity contribution in [3.8, 4) is 0 Å². The van der Waals surface area contributed by atoms with Crippen LogP contribution in [0.2, 0.25) is 0 Å². The molecule has 3 aromatic rings. The van der Waals surface area contributed by atoms with Gasteiger partial charge in [0, 0.05) is 31.9 Å². The number of rotatable bonds is 7. The highest BCUT2D eigenvalue weighted by atomic mass is 16.3. The zero-order chi connectivity index (χ0) is 24.5. The third-order valence-corrected chi connectivity index (χ3v) is 6.40. The van der Waals surface area contributed by atoms with Gasteiger partial charge >= 0.3 is 0 Å². The Bertz CT molecular complexity index is 1240. The number of piperidine rings is 1. The molecule has 182 valence electrons. The fourth-order valence-electron chi connectivity index (χ4n) is 4.29. The van der Waals surface area contributed by atoms with E-state index in [9.17, 15) is 14.7 Å². The summed E-state index contributed by atoms with van der Waals surface area (Å²) in [7, 11) is 1.78. The summed E-state index contributed by atoms with van der Waals surface area (Å²) >= 11 is 0. The highest BCUT2D eigenvalue weighted by Gasteiger charge is 2.31. The van der Waals surface area contributed by atoms with Crippen LogP contribution in [0, 0.1) is 0 Å². The lowest BCUT2D eigenvalue weighted by Crippen LogP contribution is -2.55. The van der Waals surface area contributed by atoms with Crippen molar-refractivity contribution < 1.29 is 14.7 Å². The van der Waals surface area contributed by atoms with Gasteiger partial charge in [-0.2, -0.15) is 5.10 Å². The minimum absolute atomic E-state index is 0.00847. The quantitative estimate of drug-likeness (QED) is 0.398. The smallest absolute Gasteiger partial charge is 0.271 e. The Kier molecular flexibility index (Phi) is 6.08. The molecular formula is C24H28N8O3. The summed E-state index contributed by atoms with van der Waals surface area (Å²) < 4.78 is 1.61. The molecule has 2 unspecified atom stereocenters. The molecule has 0 bridgehead atoms. The monoisotopic (exact) mass is 476 g/mol. The molecule has 11 heteroatoms. The Balaban J connectivity index is 1.31. The Morgan fingerprint density at radius 3 is 2.57 bits per heavy atom. The maximum Gasteiger partial charge on any atom is 0.271 e. The van der Waals surface area contributed by atoms with Gasteiger partial charge in [0.15, 0.2) is 11.5 Å². The van der Waals surface area contributed by atoms with Crippen LogP contribution in [0.25, 0.3) is 0 Å². The van der Waals surface area contributed by atoms with E-state index >= 15 is 0 Å². The first-order valence-electron chi connectivity index (χ1n) is 11.6. The largest absolute Gasteiger partial charge is 0.391 e. The van der Waals surface area contributed by atoms with Crippen LogP contribution in [0.15, 0.2) is 42.9 Å². The maximum atomic E-state index is 12.8. The first-order chi connectivity index (χ1) is 16.9. The van der Waals surface area contributed by atoms with Crippen molar-refractivity contribution in [2.75, 3.05) is 23.3 Å². The minimum Gasteiger partial charge on any atom is -0.391 e. The number of hydrogen-bond donors (Lipinski definition) is 4. The van der Waals surface area contributed by atoms with E-state index in [1.807, 2.05) is 29.2 Å². The van der Waals surface area contributed by atoms with Crippen molar-refractivity contribution in [1.82, 2.24) is 25.1 Å². The Hall–Kier alpha value is -3.99. The summed E-state index contributed by atoms with van der Waals surface area (Å²) in [4.78, 5) is 35.4. The molecule has 0 spiro atoms. The Morgan fingerprint density at radius 2 is 1.91 bits per heavy atom. The molecule has 0 radical (unpaired) electrons. The van der Waals surface area contributed by atoms with E-state index in [1.54, 1.807) is 24.1 Å². The van der Waals surface area contributed by atoms with Gasteiger partial charge in [0.25, 0.3) is 11.8 Å². The van der Waals surface area contributed by atoms with E-state index < -0.39 is 18.1 Å². The van der Waals surface area contributed by atoms with Gasteiger partial charge in [-0.3, -0.25) is 14.3 Å². The van der Waals surface area contributed by atoms with Gasteiger partial charge in [0.2, 0.25) is 0 Å². The number of primary amides is 1. The van der Waals surface area contributed by atoms with Crippen LogP contribution in [-0.2, 0) is 7.05 Å². The molecule has 5 rings (SSSR count). The van der Waals surface area contributed by atoms with Crippen molar-refractivity contribution in [3.05, 3.63) is 59.7 Å². The molecule has 2 atom stereocenters. The number of aliphatic hydroxyl groups is 1. The molecule has 1 aliphatic heterocycles. The molecule has 3 heterocycles. The van der Waals surface area contributed by atoms with E-state index in [0.29, 0.717) is 42.5 Å². The molecule has 2 fully saturated rings. The molecule has 2 aromatic heterocycles. The van der Waals surface area contributed by atoms with Crippen LogP contribution in [-0.4, -0.2) is 61.9 Å². The van der Waals surface area contributed by atoms with Gasteiger partial charge in [0.1, 0.15) is 5.82 Å². The highest BCUT2D eigenvalue weighted by Crippen LogP contribution is 2.39. The van der Waals surface area contributed by atoms with Gasteiger partial charge in [-0.15, -0.1) is 0 Å². The number of carbonyl (C=O) groups is 2. The molecule has 1 aliphatic carbocycles. The van der Waals surface area contributed by atoms with E-state index in [4.69, 9.17) is 5.73 Å². The fraction of sp³-hybridized carbons (Fsp3) is 0.375. The number of benzene rings is 1. The van der Waals surface area contributed by atoms with Gasteiger partial charge in [-0.1, -0.05) is 12.1 Å². The summed E-state index contributed by atoms with van der Waals surface area (Å²) in [5.41, 5.74) is 7.95. The predicted octanol–water partition coefficient (Wildman–Crippen LogP) is 1.30. The van der Waals surface area contributed by atoms with Crippen molar-refractivity contribution in [2.24, 2.45) is 12.8 Å². The average Bonchev–Trinajstić information content (AvgIpc) is 3.62. The molecule has 11 nitrogen and oxygen atoms in total. The summed E-state index contributed by atoms with van der Waals surface area (Å²) in [5.74, 6) is 0.405.